The van der Waals surface area contributed by atoms with Gasteiger partial charge in [-0.2, -0.15) is 0 Å². The zero-order valence-corrected chi connectivity index (χ0v) is 18.2. The molecule has 2 aromatic rings. The summed E-state index contributed by atoms with van der Waals surface area (Å²) in [5, 5.41) is 5.96. The quantitative estimate of drug-likeness (QED) is 0.606. The number of nitrogens with zero attached hydrogens (tertiary/aromatic N) is 1. The zero-order valence-electron chi connectivity index (χ0n) is 18.2. The standard InChI is InChI=1S/C25H31N3O3/c1-19(2)18-31-23-10-6-5-9-22(23)26-17-24(29)27-21-13-11-20(12-14-21)25(30)28-15-7-3-4-8-16-28/h5-6,9-14,26H,1,3-4,7-8,15-18H2,2H3,(H,27,29). The molecule has 1 heterocycles. The van der Waals surface area contributed by atoms with E-state index >= 15 is 0 Å². The van der Waals surface area contributed by atoms with E-state index in [0.29, 0.717) is 23.6 Å². The Morgan fingerprint density at radius 1 is 1.00 bits per heavy atom. The summed E-state index contributed by atoms with van der Waals surface area (Å²) >= 11 is 0. The molecule has 6 nitrogen and oxygen atoms in total. The van der Waals surface area contributed by atoms with Gasteiger partial charge in [0.25, 0.3) is 5.91 Å². The fourth-order valence-electron chi connectivity index (χ4n) is 3.47. The largest absolute Gasteiger partial charge is 0.487 e. The van der Waals surface area contributed by atoms with Crippen molar-refractivity contribution in [3.63, 3.8) is 0 Å². The van der Waals surface area contributed by atoms with E-state index in [-0.39, 0.29) is 18.4 Å². The Morgan fingerprint density at radius 2 is 1.68 bits per heavy atom. The fraction of sp³-hybridized carbons (Fsp3) is 0.360. The van der Waals surface area contributed by atoms with Crippen molar-refractivity contribution in [3.8, 4) is 5.75 Å². The first-order chi connectivity index (χ1) is 15.0. The number of benzene rings is 2. The first-order valence-electron chi connectivity index (χ1n) is 10.8. The lowest BCUT2D eigenvalue weighted by Crippen LogP contribution is -2.31. The number of nitrogens with one attached hydrogen (secondary N) is 2. The summed E-state index contributed by atoms with van der Waals surface area (Å²) in [7, 11) is 0. The normalized spacial score (nSPS) is 13.8. The van der Waals surface area contributed by atoms with E-state index in [4.69, 9.17) is 4.74 Å². The van der Waals surface area contributed by atoms with Crippen molar-refractivity contribution in [3.05, 3.63) is 66.2 Å². The minimum absolute atomic E-state index is 0.0628. The maximum absolute atomic E-state index is 12.7. The number of anilines is 2. The van der Waals surface area contributed by atoms with E-state index in [1.807, 2.05) is 36.1 Å². The van der Waals surface area contributed by atoms with E-state index < -0.39 is 0 Å². The average Bonchev–Trinajstić information content (AvgIpc) is 3.06. The first kappa shape index (κ1) is 22.4. The van der Waals surface area contributed by atoms with Gasteiger partial charge in [0.15, 0.2) is 0 Å². The van der Waals surface area contributed by atoms with Crippen molar-refractivity contribution in [2.24, 2.45) is 0 Å². The molecule has 0 bridgehead atoms. The molecular formula is C25H31N3O3. The van der Waals surface area contributed by atoms with E-state index in [1.165, 1.54) is 12.8 Å². The molecule has 0 aliphatic carbocycles. The maximum Gasteiger partial charge on any atom is 0.253 e. The number of hydrogen-bond acceptors (Lipinski definition) is 4. The van der Waals surface area contributed by atoms with Crippen molar-refractivity contribution < 1.29 is 14.3 Å². The molecule has 164 valence electrons. The van der Waals surface area contributed by atoms with Crippen molar-refractivity contribution in [1.29, 1.82) is 0 Å². The van der Waals surface area contributed by atoms with Crippen LogP contribution in [0.25, 0.3) is 0 Å². The molecule has 0 spiro atoms. The molecule has 31 heavy (non-hydrogen) atoms. The van der Waals surface area contributed by atoms with Gasteiger partial charge in [-0.05, 0) is 61.7 Å². The SMILES string of the molecule is C=C(C)COc1ccccc1NCC(=O)Nc1ccc(C(=O)N2CCCCCC2)cc1. The Hall–Kier alpha value is -3.28. The Kier molecular flexibility index (Phi) is 8.10. The summed E-state index contributed by atoms with van der Waals surface area (Å²) in [5.74, 6) is 0.559. The van der Waals surface area contributed by atoms with Crippen LogP contribution in [0.4, 0.5) is 11.4 Å². The number of likely N-dealkylation sites (tertiary alicyclic amines) is 1. The fourth-order valence-corrected chi connectivity index (χ4v) is 3.47. The van der Waals surface area contributed by atoms with Crippen LogP contribution in [0.3, 0.4) is 0 Å². The van der Waals surface area contributed by atoms with E-state index in [9.17, 15) is 9.59 Å². The lowest BCUT2D eigenvalue weighted by Gasteiger charge is -2.20. The summed E-state index contributed by atoms with van der Waals surface area (Å²) in [4.78, 5) is 27.0. The molecule has 1 saturated heterocycles. The van der Waals surface area contributed by atoms with Crippen LogP contribution in [0.15, 0.2) is 60.7 Å². The van der Waals surface area contributed by atoms with Crippen molar-refractivity contribution >= 4 is 23.2 Å². The van der Waals surface area contributed by atoms with Crippen LogP contribution in [0, 0.1) is 0 Å². The summed E-state index contributed by atoms with van der Waals surface area (Å²) in [5.41, 5.74) is 2.98. The lowest BCUT2D eigenvalue weighted by molar-refractivity contribution is -0.114. The van der Waals surface area contributed by atoms with Crippen LogP contribution in [0.1, 0.15) is 43.0 Å². The molecule has 0 aromatic heterocycles. The summed E-state index contributed by atoms with van der Waals surface area (Å²) in [6.07, 6.45) is 4.50. The van der Waals surface area contributed by atoms with Gasteiger partial charge in [0, 0.05) is 24.3 Å². The van der Waals surface area contributed by atoms with E-state index in [2.05, 4.69) is 17.2 Å². The van der Waals surface area contributed by atoms with E-state index in [1.54, 1.807) is 24.3 Å². The molecule has 3 rings (SSSR count). The Bertz CT molecular complexity index is 900. The van der Waals surface area contributed by atoms with Crippen LogP contribution in [0.2, 0.25) is 0 Å². The van der Waals surface area contributed by atoms with E-state index in [0.717, 1.165) is 37.2 Å². The summed E-state index contributed by atoms with van der Waals surface area (Å²) in [6.45, 7) is 7.90. The van der Waals surface area contributed by atoms with Crippen molar-refractivity contribution in [2.45, 2.75) is 32.6 Å². The molecule has 0 atom stereocenters. The number of carbonyl (C=O) groups is 2. The van der Waals surface area contributed by atoms with Gasteiger partial charge < -0.3 is 20.3 Å². The van der Waals surface area contributed by atoms with Crippen molar-refractivity contribution in [2.75, 3.05) is 36.9 Å². The molecule has 1 fully saturated rings. The number of carbonyl (C=O) groups excluding carboxylic acids is 2. The lowest BCUT2D eigenvalue weighted by atomic mass is 10.1. The zero-order chi connectivity index (χ0) is 22.1. The van der Waals surface area contributed by atoms with Crippen LogP contribution in [0.5, 0.6) is 5.75 Å². The smallest absolute Gasteiger partial charge is 0.253 e. The number of rotatable bonds is 8. The third-order valence-corrected chi connectivity index (χ3v) is 5.11. The van der Waals surface area contributed by atoms with Crippen LogP contribution < -0.4 is 15.4 Å². The molecule has 0 saturated carbocycles. The Labute approximate surface area is 184 Å². The number of ether oxygens (including phenoxy) is 1. The minimum Gasteiger partial charge on any atom is -0.487 e. The van der Waals surface area contributed by atoms with Gasteiger partial charge >= 0.3 is 0 Å². The second kappa shape index (κ2) is 11.2. The first-order valence-corrected chi connectivity index (χ1v) is 10.8. The predicted octanol–water partition coefficient (Wildman–Crippen LogP) is 4.71. The van der Waals surface area contributed by atoms with Gasteiger partial charge in [0.2, 0.25) is 5.91 Å². The van der Waals surface area contributed by atoms with Gasteiger partial charge in [-0.1, -0.05) is 31.6 Å². The molecule has 1 aliphatic heterocycles. The predicted molar refractivity (Wildman–Crippen MR) is 125 cm³/mol. The highest BCUT2D eigenvalue weighted by Crippen LogP contribution is 2.24. The van der Waals surface area contributed by atoms with Crippen LogP contribution in [-0.2, 0) is 4.79 Å². The number of para-hydroxylation sites is 2. The molecule has 2 aromatic carbocycles. The second-order valence-corrected chi connectivity index (χ2v) is 7.93. The molecule has 6 heteroatoms. The highest BCUT2D eigenvalue weighted by Gasteiger charge is 2.17. The summed E-state index contributed by atoms with van der Waals surface area (Å²) in [6, 6.07) is 14.6. The van der Waals surface area contributed by atoms with Crippen LogP contribution >= 0.6 is 0 Å². The number of amides is 2. The molecular weight excluding hydrogens is 390 g/mol. The third-order valence-electron chi connectivity index (χ3n) is 5.11. The minimum atomic E-state index is -0.179. The van der Waals surface area contributed by atoms with Gasteiger partial charge in [0.05, 0.1) is 12.2 Å². The Balaban J connectivity index is 1.52. The molecule has 0 radical (unpaired) electrons. The van der Waals surface area contributed by atoms with Gasteiger partial charge in [0.1, 0.15) is 12.4 Å². The number of hydrogen-bond donors (Lipinski definition) is 2. The topological polar surface area (TPSA) is 70.7 Å². The highest BCUT2D eigenvalue weighted by molar-refractivity contribution is 5.96. The van der Waals surface area contributed by atoms with Crippen LogP contribution in [-0.4, -0.2) is 43.0 Å². The molecule has 2 amide bonds. The molecule has 2 N–H and O–H groups in total. The van der Waals surface area contributed by atoms with Gasteiger partial charge in [-0.3, -0.25) is 9.59 Å². The molecule has 0 unspecified atom stereocenters. The molecule has 1 aliphatic rings. The Morgan fingerprint density at radius 3 is 2.35 bits per heavy atom. The monoisotopic (exact) mass is 421 g/mol. The third kappa shape index (κ3) is 6.88. The second-order valence-electron chi connectivity index (χ2n) is 7.93. The van der Waals surface area contributed by atoms with Crippen molar-refractivity contribution in [1.82, 2.24) is 4.90 Å². The highest BCUT2D eigenvalue weighted by atomic mass is 16.5. The maximum atomic E-state index is 12.7. The van der Waals surface area contributed by atoms with Gasteiger partial charge in [-0.25, -0.2) is 0 Å². The average molecular weight is 422 g/mol. The summed E-state index contributed by atoms with van der Waals surface area (Å²) < 4.78 is 5.71. The van der Waals surface area contributed by atoms with Gasteiger partial charge in [-0.15, -0.1) is 0 Å².